The van der Waals surface area contributed by atoms with Gasteiger partial charge in [0, 0.05) is 26.2 Å². The molecule has 2 aromatic rings. The molecule has 0 radical (unpaired) electrons. The van der Waals surface area contributed by atoms with Crippen molar-refractivity contribution in [2.75, 3.05) is 11.9 Å². The topological polar surface area (TPSA) is 62.3 Å². The Balaban J connectivity index is 1.60. The quantitative estimate of drug-likeness (QED) is 0.928. The van der Waals surface area contributed by atoms with Gasteiger partial charge in [-0.1, -0.05) is 41.6 Å². The van der Waals surface area contributed by atoms with Crippen molar-refractivity contribution in [2.24, 2.45) is 0 Å². The average Bonchev–Trinajstić information content (AvgIpc) is 2.59. The number of aryl methyl sites for hydroxylation is 1. The molecule has 1 aliphatic heterocycles. The van der Waals surface area contributed by atoms with Gasteiger partial charge in [-0.15, -0.1) is 0 Å². The zero-order chi connectivity index (χ0) is 17.1. The van der Waals surface area contributed by atoms with Gasteiger partial charge in [-0.05, 0) is 24.6 Å². The van der Waals surface area contributed by atoms with E-state index in [1.165, 1.54) is 17.3 Å². The predicted octanol–water partition coefficient (Wildman–Crippen LogP) is 2.53. The van der Waals surface area contributed by atoms with E-state index in [1.54, 1.807) is 24.2 Å². The Morgan fingerprint density at radius 2 is 2.04 bits per heavy atom. The van der Waals surface area contributed by atoms with E-state index in [9.17, 15) is 9.59 Å². The summed E-state index contributed by atoms with van der Waals surface area (Å²) in [5, 5.41) is 3.23. The number of anilines is 1. The Bertz CT molecular complexity index is 761. The molecule has 0 saturated heterocycles. The third-order valence-corrected chi connectivity index (χ3v) is 5.14. The molecule has 0 spiro atoms. The minimum atomic E-state index is -0.435. The first-order valence-electron chi connectivity index (χ1n) is 7.76. The molecule has 124 valence electrons. The Morgan fingerprint density at radius 3 is 2.79 bits per heavy atom. The zero-order valence-electron chi connectivity index (χ0n) is 13.7. The standard InChI is InChI=1S/C18H19N3O2S/c1-12-5-7-13(8-6-12)11-20-16(22)10-15-18(23)21(2)14-4-3-9-19-17(14)24-15/h3-9,15H,10-11H2,1-2H3,(H,20,22)/t15-/m0/s1. The first-order valence-corrected chi connectivity index (χ1v) is 8.64. The third-order valence-electron chi connectivity index (χ3n) is 3.95. The van der Waals surface area contributed by atoms with Gasteiger partial charge >= 0.3 is 0 Å². The van der Waals surface area contributed by atoms with Gasteiger partial charge in [0.1, 0.15) is 5.03 Å². The van der Waals surface area contributed by atoms with Crippen LogP contribution in [0.25, 0.3) is 0 Å². The molecular weight excluding hydrogens is 322 g/mol. The van der Waals surface area contributed by atoms with Crippen LogP contribution < -0.4 is 10.2 Å². The Kier molecular flexibility index (Phi) is 4.85. The number of hydrogen-bond acceptors (Lipinski definition) is 4. The first-order chi connectivity index (χ1) is 11.5. The minimum absolute atomic E-state index is 0.0639. The molecule has 1 aromatic heterocycles. The van der Waals surface area contributed by atoms with Crippen LogP contribution in [-0.4, -0.2) is 29.1 Å². The van der Waals surface area contributed by atoms with Crippen molar-refractivity contribution < 1.29 is 9.59 Å². The number of rotatable bonds is 4. The van der Waals surface area contributed by atoms with Gasteiger partial charge in [-0.3, -0.25) is 9.59 Å². The largest absolute Gasteiger partial charge is 0.352 e. The van der Waals surface area contributed by atoms with Crippen molar-refractivity contribution in [2.45, 2.75) is 30.2 Å². The summed E-state index contributed by atoms with van der Waals surface area (Å²) < 4.78 is 0. The van der Waals surface area contributed by atoms with E-state index in [1.807, 2.05) is 37.3 Å². The van der Waals surface area contributed by atoms with Crippen molar-refractivity contribution in [1.29, 1.82) is 0 Å². The fourth-order valence-electron chi connectivity index (χ4n) is 2.52. The lowest BCUT2D eigenvalue weighted by Crippen LogP contribution is -2.41. The number of carbonyl (C=O) groups is 2. The summed E-state index contributed by atoms with van der Waals surface area (Å²) in [7, 11) is 1.72. The van der Waals surface area contributed by atoms with E-state index >= 15 is 0 Å². The van der Waals surface area contributed by atoms with Crippen LogP contribution in [0.15, 0.2) is 47.6 Å². The highest BCUT2D eigenvalue weighted by molar-refractivity contribution is 8.00. The molecule has 1 aromatic carbocycles. The summed E-state index contributed by atoms with van der Waals surface area (Å²) >= 11 is 1.36. The van der Waals surface area contributed by atoms with E-state index in [0.29, 0.717) is 6.54 Å². The van der Waals surface area contributed by atoms with Gasteiger partial charge in [0.25, 0.3) is 0 Å². The highest BCUT2D eigenvalue weighted by Crippen LogP contribution is 2.37. The van der Waals surface area contributed by atoms with E-state index in [2.05, 4.69) is 10.3 Å². The number of hydrogen-bond donors (Lipinski definition) is 1. The van der Waals surface area contributed by atoms with Crippen molar-refractivity contribution in [3.63, 3.8) is 0 Å². The van der Waals surface area contributed by atoms with Crippen LogP contribution in [0.5, 0.6) is 0 Å². The van der Waals surface area contributed by atoms with Crippen LogP contribution >= 0.6 is 11.8 Å². The molecule has 0 saturated carbocycles. The molecule has 2 amide bonds. The van der Waals surface area contributed by atoms with Crippen molar-refractivity contribution in [3.8, 4) is 0 Å². The molecule has 0 bridgehead atoms. The summed E-state index contributed by atoms with van der Waals surface area (Å²) in [5.41, 5.74) is 3.02. The summed E-state index contributed by atoms with van der Waals surface area (Å²) in [6, 6.07) is 11.7. The number of pyridine rings is 1. The minimum Gasteiger partial charge on any atom is -0.352 e. The molecule has 0 aliphatic carbocycles. The van der Waals surface area contributed by atoms with Gasteiger partial charge in [-0.25, -0.2) is 4.98 Å². The van der Waals surface area contributed by atoms with Gasteiger partial charge in [0.15, 0.2) is 0 Å². The van der Waals surface area contributed by atoms with Crippen LogP contribution in [0.3, 0.4) is 0 Å². The van der Waals surface area contributed by atoms with E-state index in [4.69, 9.17) is 0 Å². The molecule has 1 atom stereocenters. The van der Waals surface area contributed by atoms with E-state index in [-0.39, 0.29) is 18.2 Å². The monoisotopic (exact) mass is 341 g/mol. The Morgan fingerprint density at radius 1 is 1.29 bits per heavy atom. The number of fused-ring (bicyclic) bond motifs is 1. The second-order valence-corrected chi connectivity index (χ2v) is 6.99. The predicted molar refractivity (Wildman–Crippen MR) is 94.9 cm³/mol. The Hall–Kier alpha value is -2.34. The SMILES string of the molecule is Cc1ccc(CNC(=O)C[C@@H]2Sc3ncccc3N(C)C2=O)cc1. The maximum atomic E-state index is 12.4. The smallest absolute Gasteiger partial charge is 0.240 e. The highest BCUT2D eigenvalue weighted by Gasteiger charge is 2.33. The first kappa shape index (κ1) is 16.5. The molecule has 24 heavy (non-hydrogen) atoms. The normalized spacial score (nSPS) is 16.7. The van der Waals surface area contributed by atoms with E-state index in [0.717, 1.165) is 16.3 Å². The second-order valence-electron chi connectivity index (χ2n) is 5.80. The summed E-state index contributed by atoms with van der Waals surface area (Å²) in [6.07, 6.45) is 1.85. The van der Waals surface area contributed by atoms with Gasteiger partial charge < -0.3 is 10.2 Å². The molecule has 5 nitrogen and oxygen atoms in total. The van der Waals surface area contributed by atoms with Crippen LogP contribution in [0.4, 0.5) is 5.69 Å². The number of nitrogens with one attached hydrogen (secondary N) is 1. The molecular formula is C18H19N3O2S. The fraction of sp³-hybridized carbons (Fsp3) is 0.278. The van der Waals surface area contributed by atoms with Crippen LogP contribution in [0.1, 0.15) is 17.5 Å². The lowest BCUT2D eigenvalue weighted by atomic mass is 10.1. The number of carbonyl (C=O) groups excluding carboxylic acids is 2. The molecule has 0 fully saturated rings. The van der Waals surface area contributed by atoms with E-state index < -0.39 is 5.25 Å². The van der Waals surface area contributed by atoms with Crippen LogP contribution in [-0.2, 0) is 16.1 Å². The number of benzene rings is 1. The summed E-state index contributed by atoms with van der Waals surface area (Å²) in [6.45, 7) is 2.49. The summed E-state index contributed by atoms with van der Waals surface area (Å²) in [5.74, 6) is -0.194. The van der Waals surface area contributed by atoms with Gasteiger partial charge in [0.2, 0.25) is 11.8 Å². The average molecular weight is 341 g/mol. The second kappa shape index (κ2) is 7.05. The number of aromatic nitrogens is 1. The molecule has 3 rings (SSSR count). The zero-order valence-corrected chi connectivity index (χ0v) is 14.5. The summed E-state index contributed by atoms with van der Waals surface area (Å²) in [4.78, 5) is 30.5. The van der Waals surface area contributed by atoms with Gasteiger partial charge in [0.05, 0.1) is 10.9 Å². The van der Waals surface area contributed by atoms with Crippen LogP contribution in [0.2, 0.25) is 0 Å². The number of thioether (sulfide) groups is 1. The van der Waals surface area contributed by atoms with Crippen molar-refractivity contribution >= 4 is 29.3 Å². The van der Waals surface area contributed by atoms with Crippen molar-refractivity contribution in [1.82, 2.24) is 10.3 Å². The maximum Gasteiger partial charge on any atom is 0.240 e. The number of nitrogens with zero attached hydrogens (tertiary/aromatic N) is 2. The lowest BCUT2D eigenvalue weighted by Gasteiger charge is -2.29. The Labute approximate surface area is 145 Å². The van der Waals surface area contributed by atoms with Crippen molar-refractivity contribution in [3.05, 3.63) is 53.7 Å². The van der Waals surface area contributed by atoms with Crippen LogP contribution in [0, 0.1) is 6.92 Å². The lowest BCUT2D eigenvalue weighted by molar-refractivity contribution is -0.124. The molecule has 6 heteroatoms. The number of amides is 2. The molecule has 1 N–H and O–H groups in total. The molecule has 1 aliphatic rings. The maximum absolute atomic E-state index is 12.4. The fourth-order valence-corrected chi connectivity index (χ4v) is 3.73. The molecule has 2 heterocycles. The highest BCUT2D eigenvalue weighted by atomic mass is 32.2. The molecule has 0 unspecified atom stereocenters. The van der Waals surface area contributed by atoms with Gasteiger partial charge in [-0.2, -0.15) is 0 Å². The third kappa shape index (κ3) is 3.59.